The van der Waals surface area contributed by atoms with Crippen LogP contribution in [0.4, 0.5) is 5.82 Å². The Hall–Kier alpha value is -1.94. The van der Waals surface area contributed by atoms with Gasteiger partial charge in [-0.15, -0.1) is 0 Å². The quantitative estimate of drug-likeness (QED) is 0.426. The van der Waals surface area contributed by atoms with Gasteiger partial charge < -0.3 is 31.1 Å². The van der Waals surface area contributed by atoms with Crippen molar-refractivity contribution in [2.75, 3.05) is 11.9 Å². The monoisotopic (exact) mass is 281 g/mol. The molecule has 1 aromatic rings. The number of aliphatic imine (C=N–C) groups is 1. The van der Waals surface area contributed by atoms with Crippen molar-refractivity contribution >= 4 is 11.7 Å². The summed E-state index contributed by atoms with van der Waals surface area (Å²) >= 11 is 0. The van der Waals surface area contributed by atoms with E-state index in [-0.39, 0.29) is 5.84 Å². The summed E-state index contributed by atoms with van der Waals surface area (Å²) in [7, 11) is 0. The van der Waals surface area contributed by atoms with Crippen molar-refractivity contribution in [1.29, 1.82) is 0 Å². The molecule has 1 saturated heterocycles. The topological polar surface area (TPSA) is 138 Å². The van der Waals surface area contributed by atoms with Gasteiger partial charge in [0.1, 0.15) is 35.6 Å². The molecule has 108 valence electrons. The van der Waals surface area contributed by atoms with Crippen LogP contribution >= 0.6 is 0 Å². The Labute approximate surface area is 114 Å². The Morgan fingerprint density at radius 2 is 2.20 bits per heavy atom. The molecule has 9 heteroatoms. The van der Waals surface area contributed by atoms with Crippen LogP contribution < -0.4 is 11.1 Å². The van der Waals surface area contributed by atoms with Crippen LogP contribution in [0.15, 0.2) is 23.7 Å². The standard InChI is InChI=1S/C11H15N5O4/c1-4-14-9(12)6-10(15-4)16(3-13-6)11-8(19)7(18)5(2-17)20-11/h3,5,7-8,11,15,17-19H,1-2H2,(H2,12,14)/t5-,7?,8?,11-/m1/s1. The molecule has 1 fully saturated rings. The maximum Gasteiger partial charge on any atom is 0.165 e. The number of fused-ring (bicyclic) bond motifs is 1. The molecule has 0 bridgehead atoms. The van der Waals surface area contributed by atoms with Crippen molar-refractivity contribution in [1.82, 2.24) is 9.55 Å². The SMILES string of the molecule is C=C1N=C(N)c2ncn([C@@H]3O[C@H](CO)C(O)C3O)c2N1. The van der Waals surface area contributed by atoms with Crippen LogP contribution in [-0.2, 0) is 4.74 Å². The minimum absolute atomic E-state index is 0.203. The van der Waals surface area contributed by atoms with Crippen molar-refractivity contribution in [3.63, 3.8) is 0 Å². The predicted molar refractivity (Wildman–Crippen MR) is 68.7 cm³/mol. The summed E-state index contributed by atoms with van der Waals surface area (Å²) in [5, 5.41) is 31.8. The van der Waals surface area contributed by atoms with Crippen LogP contribution in [0.5, 0.6) is 0 Å². The van der Waals surface area contributed by atoms with Crippen LogP contribution in [0.2, 0.25) is 0 Å². The number of hydrogen-bond donors (Lipinski definition) is 5. The van der Waals surface area contributed by atoms with E-state index in [1.165, 1.54) is 10.9 Å². The summed E-state index contributed by atoms with van der Waals surface area (Å²) in [6, 6.07) is 0. The second kappa shape index (κ2) is 4.56. The van der Waals surface area contributed by atoms with Gasteiger partial charge >= 0.3 is 0 Å². The van der Waals surface area contributed by atoms with E-state index in [4.69, 9.17) is 15.6 Å². The highest BCUT2D eigenvalue weighted by molar-refractivity contribution is 6.02. The van der Waals surface area contributed by atoms with Gasteiger partial charge in [-0.2, -0.15) is 0 Å². The van der Waals surface area contributed by atoms with Gasteiger partial charge in [-0.05, 0) is 0 Å². The summed E-state index contributed by atoms with van der Waals surface area (Å²) in [5.41, 5.74) is 6.16. The summed E-state index contributed by atoms with van der Waals surface area (Å²) in [6.07, 6.45) is -2.70. The third-order valence-corrected chi connectivity index (χ3v) is 3.35. The molecule has 0 radical (unpaired) electrons. The molecule has 2 aliphatic rings. The van der Waals surface area contributed by atoms with E-state index >= 15 is 0 Å². The highest BCUT2D eigenvalue weighted by atomic mass is 16.6. The molecule has 0 saturated carbocycles. The summed E-state index contributed by atoms with van der Waals surface area (Å²) in [4.78, 5) is 8.04. The van der Waals surface area contributed by atoms with Gasteiger partial charge in [0.05, 0.1) is 12.9 Å². The highest BCUT2D eigenvalue weighted by Gasteiger charge is 2.44. The molecule has 0 spiro atoms. The van der Waals surface area contributed by atoms with E-state index in [0.717, 1.165) is 0 Å². The molecular weight excluding hydrogens is 266 g/mol. The lowest BCUT2D eigenvalue weighted by molar-refractivity contribution is -0.0518. The molecule has 0 aromatic carbocycles. The van der Waals surface area contributed by atoms with Crippen molar-refractivity contribution in [2.24, 2.45) is 10.7 Å². The lowest BCUT2D eigenvalue weighted by atomic mass is 10.1. The van der Waals surface area contributed by atoms with Gasteiger partial charge in [0, 0.05) is 0 Å². The largest absolute Gasteiger partial charge is 0.394 e. The normalized spacial score (nSPS) is 32.8. The average molecular weight is 281 g/mol. The van der Waals surface area contributed by atoms with Crippen LogP contribution in [0.25, 0.3) is 0 Å². The predicted octanol–water partition coefficient (Wildman–Crippen LogP) is -1.90. The molecule has 3 rings (SSSR count). The van der Waals surface area contributed by atoms with Crippen molar-refractivity contribution in [3.8, 4) is 0 Å². The van der Waals surface area contributed by atoms with Crippen LogP contribution in [0.3, 0.4) is 0 Å². The fraction of sp³-hybridized carbons (Fsp3) is 0.455. The molecule has 2 unspecified atom stereocenters. The number of aromatic nitrogens is 2. The Kier molecular flexibility index (Phi) is 2.98. The van der Waals surface area contributed by atoms with E-state index in [9.17, 15) is 10.2 Å². The van der Waals surface area contributed by atoms with Gasteiger partial charge in [-0.1, -0.05) is 6.58 Å². The van der Waals surface area contributed by atoms with E-state index in [1.807, 2.05) is 0 Å². The fourth-order valence-corrected chi connectivity index (χ4v) is 2.34. The van der Waals surface area contributed by atoms with Gasteiger partial charge in [0.25, 0.3) is 0 Å². The van der Waals surface area contributed by atoms with Crippen LogP contribution in [0.1, 0.15) is 11.9 Å². The molecule has 0 aliphatic carbocycles. The maximum atomic E-state index is 10.0. The number of imidazole rings is 1. The summed E-state index contributed by atoms with van der Waals surface area (Å²) in [5.74, 6) is 1.01. The first-order valence-corrected chi connectivity index (χ1v) is 6.02. The fourth-order valence-electron chi connectivity index (χ4n) is 2.34. The third-order valence-electron chi connectivity index (χ3n) is 3.35. The zero-order valence-corrected chi connectivity index (χ0v) is 10.5. The maximum absolute atomic E-state index is 10.0. The van der Waals surface area contributed by atoms with Crippen molar-refractivity contribution < 1.29 is 20.1 Å². The molecule has 1 aromatic heterocycles. The lowest BCUT2D eigenvalue weighted by Gasteiger charge is -2.21. The number of ether oxygens (including phenoxy) is 1. The number of nitrogens with one attached hydrogen (secondary N) is 1. The molecule has 20 heavy (non-hydrogen) atoms. The summed E-state index contributed by atoms with van der Waals surface area (Å²) < 4.78 is 6.93. The second-order valence-corrected chi connectivity index (χ2v) is 4.65. The van der Waals surface area contributed by atoms with Gasteiger partial charge in [-0.25, -0.2) is 9.98 Å². The average Bonchev–Trinajstić information content (AvgIpc) is 2.93. The first-order chi connectivity index (χ1) is 9.52. The van der Waals surface area contributed by atoms with Crippen LogP contribution in [0, 0.1) is 0 Å². The second-order valence-electron chi connectivity index (χ2n) is 4.65. The number of anilines is 1. The highest BCUT2D eigenvalue weighted by Crippen LogP contribution is 2.33. The Morgan fingerprint density at radius 3 is 2.85 bits per heavy atom. The Morgan fingerprint density at radius 1 is 1.45 bits per heavy atom. The van der Waals surface area contributed by atoms with Gasteiger partial charge in [0.15, 0.2) is 12.1 Å². The number of rotatable bonds is 2. The molecule has 4 atom stereocenters. The third kappa shape index (κ3) is 1.79. The molecule has 6 N–H and O–H groups in total. The molecule has 9 nitrogen and oxygen atoms in total. The van der Waals surface area contributed by atoms with Gasteiger partial charge in [-0.3, -0.25) is 4.57 Å². The van der Waals surface area contributed by atoms with E-state index in [2.05, 4.69) is 21.9 Å². The number of hydrogen-bond acceptors (Lipinski definition) is 8. The number of aliphatic hydroxyl groups excluding tert-OH is 3. The van der Waals surface area contributed by atoms with Gasteiger partial charge in [0.2, 0.25) is 0 Å². The number of nitrogens with zero attached hydrogens (tertiary/aromatic N) is 3. The smallest absolute Gasteiger partial charge is 0.165 e. The van der Waals surface area contributed by atoms with E-state index < -0.39 is 31.1 Å². The first kappa shape index (κ1) is 13.1. The number of amidine groups is 1. The van der Waals surface area contributed by atoms with Crippen LogP contribution in [-0.4, -0.2) is 55.6 Å². The Bertz CT molecular complexity index is 583. The number of aliphatic hydroxyl groups is 3. The minimum atomic E-state index is -1.19. The number of nitrogens with two attached hydrogens (primary N) is 1. The molecular formula is C11H15N5O4. The summed E-state index contributed by atoms with van der Waals surface area (Å²) in [6.45, 7) is 3.27. The first-order valence-electron chi connectivity index (χ1n) is 6.02. The Balaban J connectivity index is 1.97. The minimum Gasteiger partial charge on any atom is -0.394 e. The molecule has 0 amide bonds. The van der Waals surface area contributed by atoms with E-state index in [1.54, 1.807) is 0 Å². The molecule has 3 heterocycles. The lowest BCUT2D eigenvalue weighted by Crippen LogP contribution is -2.33. The van der Waals surface area contributed by atoms with E-state index in [0.29, 0.717) is 17.3 Å². The zero-order valence-electron chi connectivity index (χ0n) is 10.5. The van der Waals surface area contributed by atoms with Crippen molar-refractivity contribution in [2.45, 2.75) is 24.5 Å². The van der Waals surface area contributed by atoms with Crippen molar-refractivity contribution in [3.05, 3.63) is 24.4 Å². The molecule has 2 aliphatic heterocycles. The zero-order chi connectivity index (χ0) is 14.4.